The van der Waals surface area contributed by atoms with Crippen LogP contribution in [0.15, 0.2) is 23.8 Å². The molecule has 2 aliphatic heterocycles. The Morgan fingerprint density at radius 2 is 1.91 bits per heavy atom. The molecule has 4 amide bonds. The summed E-state index contributed by atoms with van der Waals surface area (Å²) in [6.07, 6.45) is 6.07. The van der Waals surface area contributed by atoms with Crippen molar-refractivity contribution in [1.82, 2.24) is 10.2 Å². The minimum Gasteiger partial charge on any atom is -0.295 e. The molecule has 6 nitrogen and oxygen atoms in total. The largest absolute Gasteiger partial charge is 0.295 e. The number of imide groups is 2. The molecule has 23 heavy (non-hydrogen) atoms. The van der Waals surface area contributed by atoms with Crippen LogP contribution in [-0.4, -0.2) is 34.6 Å². The van der Waals surface area contributed by atoms with Crippen LogP contribution in [-0.2, 0) is 19.2 Å². The lowest BCUT2D eigenvalue weighted by atomic mass is 9.77. The normalized spacial score (nSPS) is 30.1. The van der Waals surface area contributed by atoms with Gasteiger partial charge in [-0.2, -0.15) is 0 Å². The molecule has 0 radical (unpaired) electrons. The van der Waals surface area contributed by atoms with Gasteiger partial charge in [0.2, 0.25) is 17.7 Å². The van der Waals surface area contributed by atoms with Crippen LogP contribution in [0.4, 0.5) is 0 Å². The van der Waals surface area contributed by atoms with Crippen molar-refractivity contribution in [3.63, 3.8) is 0 Å². The molecule has 0 spiro atoms. The fourth-order valence-corrected chi connectivity index (χ4v) is 3.18. The highest BCUT2D eigenvalue weighted by Gasteiger charge is 2.45. The summed E-state index contributed by atoms with van der Waals surface area (Å²) in [7, 11) is 0. The van der Waals surface area contributed by atoms with Crippen LogP contribution in [0.25, 0.3) is 0 Å². The summed E-state index contributed by atoms with van der Waals surface area (Å²) < 4.78 is 0. The molecule has 3 unspecified atom stereocenters. The van der Waals surface area contributed by atoms with Gasteiger partial charge in [-0.3, -0.25) is 29.4 Å². The molecular formula is C17H24N2O4. The Morgan fingerprint density at radius 3 is 2.57 bits per heavy atom. The van der Waals surface area contributed by atoms with Crippen molar-refractivity contribution in [2.75, 3.05) is 0 Å². The number of hydrogen-bond acceptors (Lipinski definition) is 4. The Kier molecular flexibility index (Phi) is 5.13. The molecule has 0 aromatic heterocycles. The average Bonchev–Trinajstić information content (AvgIpc) is 2.52. The molecule has 0 saturated carbocycles. The van der Waals surface area contributed by atoms with Gasteiger partial charge in [0.25, 0.3) is 5.91 Å². The van der Waals surface area contributed by atoms with Crippen LogP contribution >= 0.6 is 0 Å². The second kappa shape index (κ2) is 6.89. The van der Waals surface area contributed by atoms with Gasteiger partial charge in [-0.05, 0) is 12.3 Å². The molecule has 0 bridgehead atoms. The van der Waals surface area contributed by atoms with Crippen molar-refractivity contribution in [2.24, 2.45) is 11.8 Å². The van der Waals surface area contributed by atoms with E-state index in [1.54, 1.807) is 6.08 Å². The van der Waals surface area contributed by atoms with E-state index >= 15 is 0 Å². The van der Waals surface area contributed by atoms with E-state index in [1.165, 1.54) is 0 Å². The summed E-state index contributed by atoms with van der Waals surface area (Å²) in [4.78, 5) is 49.0. The third-order valence-corrected chi connectivity index (χ3v) is 4.38. The molecule has 2 saturated heterocycles. The third-order valence-electron chi connectivity index (χ3n) is 4.38. The molecule has 6 heteroatoms. The second-order valence-electron chi connectivity index (χ2n) is 5.71. The monoisotopic (exact) mass is 320 g/mol. The van der Waals surface area contributed by atoms with E-state index in [-0.39, 0.29) is 44.3 Å². The van der Waals surface area contributed by atoms with Crippen LogP contribution in [0.1, 0.15) is 41.5 Å². The molecule has 3 aliphatic rings. The molecule has 0 aromatic carbocycles. The van der Waals surface area contributed by atoms with Gasteiger partial charge in [0, 0.05) is 25.8 Å². The van der Waals surface area contributed by atoms with Gasteiger partial charge in [-0.1, -0.05) is 39.0 Å². The molecule has 1 aliphatic carbocycles. The molecule has 2 fully saturated rings. The Morgan fingerprint density at radius 1 is 1.22 bits per heavy atom. The molecule has 0 aromatic rings. The number of hydrogen-bond donors (Lipinski definition) is 1. The van der Waals surface area contributed by atoms with Gasteiger partial charge >= 0.3 is 0 Å². The lowest BCUT2D eigenvalue weighted by Crippen LogP contribution is -2.59. The number of nitrogens with one attached hydrogen (secondary N) is 1. The highest BCUT2D eigenvalue weighted by molar-refractivity contribution is 6.12. The smallest absolute Gasteiger partial charge is 0.257 e. The van der Waals surface area contributed by atoms with Crippen LogP contribution in [0, 0.1) is 11.8 Å². The van der Waals surface area contributed by atoms with E-state index in [4.69, 9.17) is 0 Å². The zero-order valence-corrected chi connectivity index (χ0v) is 13.7. The number of rotatable bonds is 1. The molecular weight excluding hydrogens is 296 g/mol. The first-order valence-corrected chi connectivity index (χ1v) is 8.07. The number of nitrogens with zero attached hydrogens (tertiary/aromatic N) is 1. The van der Waals surface area contributed by atoms with Crippen LogP contribution in [0.2, 0.25) is 0 Å². The number of likely N-dealkylation sites (tertiary alicyclic amines) is 1. The zero-order valence-electron chi connectivity index (χ0n) is 13.7. The quantitative estimate of drug-likeness (QED) is 0.743. The Bertz CT molecular complexity index is 612. The van der Waals surface area contributed by atoms with Gasteiger partial charge in [0.05, 0.1) is 0 Å². The molecule has 2 heterocycles. The first-order chi connectivity index (χ1) is 11.0. The maximum atomic E-state index is 12.6. The van der Waals surface area contributed by atoms with Gasteiger partial charge < -0.3 is 0 Å². The summed E-state index contributed by atoms with van der Waals surface area (Å²) in [5, 5.41) is 2.19. The third kappa shape index (κ3) is 3.11. The number of carbonyl (C=O) groups excluding carboxylic acids is 4. The standard InChI is InChI=1S/C15H16N2O4.C2H6.H2/c1-8-3-2-4-9-10(8)7-13(19)17(15(9)21)11-5-6-12(18)16-14(11)20;1-2;/h2-4,8,10-11H,5-7H2,1H3,(H,16,18,20);1-2H3;1H. The Labute approximate surface area is 137 Å². The van der Waals surface area contributed by atoms with E-state index in [1.807, 2.05) is 32.9 Å². The first-order valence-electron chi connectivity index (χ1n) is 8.07. The van der Waals surface area contributed by atoms with Gasteiger partial charge in [-0.25, -0.2) is 0 Å². The lowest BCUT2D eigenvalue weighted by Gasteiger charge is -2.39. The number of fused-ring (bicyclic) bond motifs is 1. The second-order valence-corrected chi connectivity index (χ2v) is 5.71. The summed E-state index contributed by atoms with van der Waals surface area (Å²) >= 11 is 0. The minimum absolute atomic E-state index is 0. The van der Waals surface area contributed by atoms with Crippen molar-refractivity contribution in [3.05, 3.63) is 23.8 Å². The number of carbonyl (C=O) groups is 4. The topological polar surface area (TPSA) is 83.6 Å². The van der Waals surface area contributed by atoms with Gasteiger partial charge in [0.1, 0.15) is 6.04 Å². The van der Waals surface area contributed by atoms with Crippen molar-refractivity contribution < 1.29 is 20.6 Å². The average molecular weight is 320 g/mol. The van der Waals surface area contributed by atoms with Crippen LogP contribution in [0.5, 0.6) is 0 Å². The molecule has 126 valence electrons. The van der Waals surface area contributed by atoms with Crippen molar-refractivity contribution in [1.29, 1.82) is 0 Å². The van der Waals surface area contributed by atoms with Crippen molar-refractivity contribution in [3.8, 4) is 0 Å². The lowest BCUT2D eigenvalue weighted by molar-refractivity contribution is -0.156. The SMILES string of the molecule is CC.CC1C=CC=C2C(=O)N(C3CCC(=O)NC3=O)C(=O)CC21.[HH]. The summed E-state index contributed by atoms with van der Waals surface area (Å²) in [5.74, 6) is -1.65. The van der Waals surface area contributed by atoms with Crippen molar-refractivity contribution in [2.45, 2.75) is 46.1 Å². The first kappa shape index (κ1) is 17.1. The van der Waals surface area contributed by atoms with E-state index in [0.717, 1.165) is 4.90 Å². The Hall–Kier alpha value is -2.24. The fraction of sp³-hybridized carbons (Fsp3) is 0.529. The minimum atomic E-state index is -0.870. The van der Waals surface area contributed by atoms with E-state index in [9.17, 15) is 19.2 Å². The Balaban J connectivity index is 0.000000925. The maximum absolute atomic E-state index is 12.6. The highest BCUT2D eigenvalue weighted by Crippen LogP contribution is 2.36. The number of amides is 4. The number of allylic oxidation sites excluding steroid dienone is 3. The van der Waals surface area contributed by atoms with Crippen LogP contribution in [0.3, 0.4) is 0 Å². The summed E-state index contributed by atoms with van der Waals surface area (Å²) in [6, 6.07) is -0.870. The highest BCUT2D eigenvalue weighted by atomic mass is 16.2. The van der Waals surface area contributed by atoms with Crippen molar-refractivity contribution >= 4 is 23.6 Å². The summed E-state index contributed by atoms with van der Waals surface area (Å²) in [6.45, 7) is 5.97. The van der Waals surface area contributed by atoms with E-state index in [2.05, 4.69) is 5.32 Å². The van der Waals surface area contributed by atoms with E-state index < -0.39 is 17.9 Å². The number of piperidine rings is 2. The predicted octanol–water partition coefficient (Wildman–Crippen LogP) is 1.57. The maximum Gasteiger partial charge on any atom is 0.257 e. The van der Waals surface area contributed by atoms with E-state index in [0.29, 0.717) is 5.57 Å². The van der Waals surface area contributed by atoms with Crippen LogP contribution < -0.4 is 5.32 Å². The van der Waals surface area contributed by atoms with Gasteiger partial charge in [0.15, 0.2) is 0 Å². The summed E-state index contributed by atoms with van der Waals surface area (Å²) in [5.41, 5.74) is 0.578. The fourth-order valence-electron chi connectivity index (χ4n) is 3.18. The molecule has 3 atom stereocenters. The molecule has 1 N–H and O–H groups in total. The van der Waals surface area contributed by atoms with Gasteiger partial charge in [-0.15, -0.1) is 0 Å². The zero-order chi connectivity index (χ0) is 17.1. The molecule has 3 rings (SSSR count). The predicted molar refractivity (Wildman–Crippen MR) is 86.0 cm³/mol.